The Labute approximate surface area is 174 Å². The van der Waals surface area contributed by atoms with Crippen molar-refractivity contribution in [3.8, 4) is 17.2 Å². The number of nitrogens with one attached hydrogen (secondary N) is 2. The Balaban J connectivity index is 1.67. The van der Waals surface area contributed by atoms with Crippen molar-refractivity contribution in [2.75, 3.05) is 26.6 Å². The normalized spacial score (nSPS) is 17.8. The third kappa shape index (κ3) is 3.60. The zero-order chi connectivity index (χ0) is 21.1. The highest BCUT2D eigenvalue weighted by Gasteiger charge is 2.29. The highest BCUT2D eigenvalue weighted by molar-refractivity contribution is 5.96. The highest BCUT2D eigenvalue weighted by atomic mass is 16.5. The van der Waals surface area contributed by atoms with Crippen molar-refractivity contribution in [2.45, 2.75) is 5.66 Å². The summed E-state index contributed by atoms with van der Waals surface area (Å²) < 4.78 is 16.2. The van der Waals surface area contributed by atoms with Gasteiger partial charge < -0.3 is 24.8 Å². The molecule has 0 aliphatic carbocycles. The Bertz CT molecular complexity index is 1120. The highest BCUT2D eigenvalue weighted by Crippen LogP contribution is 2.40. The minimum atomic E-state index is -1.11. The van der Waals surface area contributed by atoms with E-state index in [1.54, 1.807) is 51.9 Å². The molecule has 3 aromatic rings. The number of fused-ring (bicyclic) bond motifs is 1. The summed E-state index contributed by atoms with van der Waals surface area (Å²) in [6.07, 6.45) is 5.31. The van der Waals surface area contributed by atoms with Crippen LogP contribution in [-0.2, 0) is 5.66 Å². The lowest BCUT2D eigenvalue weighted by atomic mass is 10.0. The molecular formula is C22H23N5O3. The molecule has 4 rings (SSSR count). The molecule has 0 amide bonds. The van der Waals surface area contributed by atoms with Gasteiger partial charge in [0.2, 0.25) is 11.7 Å². The van der Waals surface area contributed by atoms with Gasteiger partial charge in [-0.25, -0.2) is 4.99 Å². The zero-order valence-electron chi connectivity index (χ0n) is 17.0. The molecule has 1 atom stereocenters. The number of methoxy groups -OCH3 is 3. The predicted octanol–water partition coefficient (Wildman–Crippen LogP) is 2.96. The van der Waals surface area contributed by atoms with Crippen LogP contribution < -0.4 is 30.6 Å². The van der Waals surface area contributed by atoms with Crippen LogP contribution in [0.1, 0.15) is 5.69 Å². The first-order chi connectivity index (χ1) is 14.6. The number of nitrogens with two attached hydrogens (primary N) is 1. The third-order valence-corrected chi connectivity index (χ3v) is 4.82. The molecule has 4 N–H and O–H groups in total. The van der Waals surface area contributed by atoms with Gasteiger partial charge in [0.1, 0.15) is 0 Å². The monoisotopic (exact) mass is 405 g/mol. The summed E-state index contributed by atoms with van der Waals surface area (Å²) in [5.74, 6) is 2.03. The SMILES string of the molecule is COc1cc(NC2=NC(N)(c3cc4ccccc4cn3)C=CN2)cc(OC)c1OC. The summed E-state index contributed by atoms with van der Waals surface area (Å²) in [6.45, 7) is 0. The molecule has 2 aromatic carbocycles. The number of rotatable bonds is 5. The molecule has 8 nitrogen and oxygen atoms in total. The molecule has 1 aliphatic heterocycles. The lowest BCUT2D eigenvalue weighted by molar-refractivity contribution is 0.324. The Kier molecular flexibility index (Phi) is 5.16. The van der Waals surface area contributed by atoms with Crippen molar-refractivity contribution in [1.82, 2.24) is 10.3 Å². The molecule has 8 heteroatoms. The van der Waals surface area contributed by atoms with Crippen molar-refractivity contribution in [2.24, 2.45) is 10.7 Å². The summed E-state index contributed by atoms with van der Waals surface area (Å²) in [7, 11) is 4.69. The molecule has 0 spiro atoms. The van der Waals surface area contributed by atoms with Crippen LogP contribution in [0.25, 0.3) is 10.8 Å². The second-order valence-electron chi connectivity index (χ2n) is 6.72. The second kappa shape index (κ2) is 7.92. The molecule has 0 bridgehead atoms. The standard InChI is InChI=1S/C22H23N5O3/c1-28-17-11-16(12-18(29-2)20(17)30-3)26-21-24-9-8-22(23,27-21)19-10-14-6-4-5-7-15(14)13-25-19/h4-13H,23H2,1-3H3,(H2,24,26,27). The van der Waals surface area contributed by atoms with Crippen LogP contribution >= 0.6 is 0 Å². The average molecular weight is 405 g/mol. The number of anilines is 1. The summed E-state index contributed by atoms with van der Waals surface area (Å²) >= 11 is 0. The van der Waals surface area contributed by atoms with Gasteiger partial charge in [-0.05, 0) is 17.5 Å². The Hall–Kier alpha value is -3.78. The Morgan fingerprint density at radius 3 is 2.33 bits per heavy atom. The second-order valence-corrected chi connectivity index (χ2v) is 6.72. The van der Waals surface area contributed by atoms with Crippen LogP contribution in [0.2, 0.25) is 0 Å². The van der Waals surface area contributed by atoms with Gasteiger partial charge in [-0.1, -0.05) is 24.3 Å². The summed E-state index contributed by atoms with van der Waals surface area (Å²) in [4.78, 5) is 9.18. The molecule has 0 radical (unpaired) electrons. The average Bonchev–Trinajstić information content (AvgIpc) is 2.78. The lowest BCUT2D eigenvalue weighted by Crippen LogP contribution is -2.42. The van der Waals surface area contributed by atoms with Crippen LogP contribution in [0.5, 0.6) is 17.2 Å². The van der Waals surface area contributed by atoms with E-state index in [1.807, 2.05) is 30.3 Å². The van der Waals surface area contributed by atoms with E-state index in [1.165, 1.54) is 0 Å². The van der Waals surface area contributed by atoms with Gasteiger partial charge in [0, 0.05) is 35.6 Å². The first-order valence-corrected chi connectivity index (χ1v) is 9.31. The number of aliphatic imine (C=N–C) groups is 1. The van der Waals surface area contributed by atoms with Gasteiger partial charge in [0.05, 0.1) is 27.0 Å². The van der Waals surface area contributed by atoms with E-state index in [0.29, 0.717) is 34.6 Å². The van der Waals surface area contributed by atoms with Crippen LogP contribution in [-0.4, -0.2) is 32.3 Å². The Morgan fingerprint density at radius 2 is 1.67 bits per heavy atom. The molecule has 1 aromatic heterocycles. The number of pyridine rings is 1. The van der Waals surface area contributed by atoms with Crippen molar-refractivity contribution in [3.63, 3.8) is 0 Å². The van der Waals surface area contributed by atoms with Gasteiger partial charge in [0.25, 0.3) is 0 Å². The first-order valence-electron chi connectivity index (χ1n) is 9.31. The number of ether oxygens (including phenoxy) is 3. The maximum atomic E-state index is 6.59. The molecule has 30 heavy (non-hydrogen) atoms. The number of benzene rings is 2. The molecule has 1 aliphatic rings. The minimum Gasteiger partial charge on any atom is -0.493 e. The van der Waals surface area contributed by atoms with Gasteiger partial charge in [-0.3, -0.25) is 10.7 Å². The number of aromatic nitrogens is 1. The van der Waals surface area contributed by atoms with Crippen LogP contribution in [0.3, 0.4) is 0 Å². The quantitative estimate of drug-likeness (QED) is 0.600. The fourth-order valence-corrected chi connectivity index (χ4v) is 3.30. The number of nitrogens with zero attached hydrogens (tertiary/aromatic N) is 2. The molecular weight excluding hydrogens is 382 g/mol. The van der Waals surface area contributed by atoms with Gasteiger partial charge in [-0.15, -0.1) is 0 Å². The van der Waals surface area contributed by atoms with Gasteiger partial charge >= 0.3 is 0 Å². The Morgan fingerprint density at radius 1 is 0.967 bits per heavy atom. The van der Waals surface area contributed by atoms with E-state index in [9.17, 15) is 0 Å². The van der Waals surface area contributed by atoms with Crippen molar-refractivity contribution in [3.05, 3.63) is 66.6 Å². The van der Waals surface area contributed by atoms with Crippen LogP contribution in [0, 0.1) is 0 Å². The predicted molar refractivity (Wildman–Crippen MR) is 117 cm³/mol. The summed E-state index contributed by atoms with van der Waals surface area (Å²) in [5, 5.41) is 8.37. The smallest absolute Gasteiger partial charge is 0.203 e. The third-order valence-electron chi connectivity index (χ3n) is 4.82. The number of hydrogen-bond donors (Lipinski definition) is 3. The minimum absolute atomic E-state index is 0.462. The molecule has 154 valence electrons. The van der Waals surface area contributed by atoms with Crippen molar-refractivity contribution in [1.29, 1.82) is 0 Å². The van der Waals surface area contributed by atoms with Crippen LogP contribution in [0.15, 0.2) is 65.9 Å². The molecule has 0 saturated carbocycles. The molecule has 0 saturated heterocycles. The van der Waals surface area contributed by atoms with Gasteiger partial charge in [0.15, 0.2) is 17.2 Å². The van der Waals surface area contributed by atoms with E-state index in [2.05, 4.69) is 20.6 Å². The molecule has 0 fully saturated rings. The number of hydrogen-bond acceptors (Lipinski definition) is 8. The number of guanidine groups is 1. The van der Waals surface area contributed by atoms with E-state index in [0.717, 1.165) is 10.8 Å². The van der Waals surface area contributed by atoms with E-state index in [4.69, 9.17) is 19.9 Å². The van der Waals surface area contributed by atoms with E-state index >= 15 is 0 Å². The fraction of sp³-hybridized carbons (Fsp3) is 0.182. The van der Waals surface area contributed by atoms with Crippen LogP contribution in [0.4, 0.5) is 5.69 Å². The van der Waals surface area contributed by atoms with Gasteiger partial charge in [-0.2, -0.15) is 0 Å². The molecule has 1 unspecified atom stereocenters. The van der Waals surface area contributed by atoms with Crippen molar-refractivity contribution < 1.29 is 14.2 Å². The summed E-state index contributed by atoms with van der Waals surface area (Å²) in [5.41, 5.74) is 6.81. The largest absolute Gasteiger partial charge is 0.493 e. The van der Waals surface area contributed by atoms with E-state index < -0.39 is 5.66 Å². The molecule has 2 heterocycles. The zero-order valence-corrected chi connectivity index (χ0v) is 17.0. The lowest BCUT2D eigenvalue weighted by Gasteiger charge is -2.26. The fourth-order valence-electron chi connectivity index (χ4n) is 3.30. The van der Waals surface area contributed by atoms with Crippen molar-refractivity contribution >= 4 is 22.4 Å². The first kappa shape index (κ1) is 19.5. The van der Waals surface area contributed by atoms with E-state index in [-0.39, 0.29) is 0 Å². The maximum absolute atomic E-state index is 6.59. The topological polar surface area (TPSA) is 103 Å². The summed E-state index contributed by atoms with van der Waals surface area (Å²) in [6, 6.07) is 13.5. The maximum Gasteiger partial charge on any atom is 0.203 e.